The van der Waals surface area contributed by atoms with E-state index in [2.05, 4.69) is 0 Å². The Morgan fingerprint density at radius 3 is 1.12 bits per heavy atom. The number of amides is 2. The molecule has 0 radical (unpaired) electrons. The summed E-state index contributed by atoms with van der Waals surface area (Å²) in [5.41, 5.74) is 0.879. The Kier molecular flexibility index (Phi) is 19.6. The SMILES string of the molecule is CC(=O)OCCOCCOCCOCCOCCOCCOCCOCCOCCN1C(=O)c2ccccc2C1=O. The van der Waals surface area contributed by atoms with Crippen molar-refractivity contribution in [3.8, 4) is 0 Å². The van der Waals surface area contributed by atoms with Gasteiger partial charge in [0.05, 0.1) is 123 Å². The number of benzene rings is 1. The molecule has 1 aromatic carbocycles. The number of rotatable bonds is 27. The molecule has 0 aromatic heterocycles. The van der Waals surface area contributed by atoms with Crippen LogP contribution in [0.5, 0.6) is 0 Å². The van der Waals surface area contributed by atoms with Gasteiger partial charge in [0, 0.05) is 6.92 Å². The number of nitrogens with zero attached hydrogens (tertiary/aromatic N) is 1. The summed E-state index contributed by atoms with van der Waals surface area (Å²) in [7, 11) is 0. The number of hydrogen-bond donors (Lipinski definition) is 0. The molecular weight excluding hydrogens is 542 g/mol. The molecule has 13 nitrogen and oxygen atoms in total. The highest BCUT2D eigenvalue weighted by molar-refractivity contribution is 6.21. The van der Waals surface area contributed by atoms with Crippen LogP contribution in [0.25, 0.3) is 0 Å². The maximum absolute atomic E-state index is 12.3. The van der Waals surface area contributed by atoms with E-state index in [1.165, 1.54) is 11.8 Å². The largest absolute Gasteiger partial charge is 0.463 e. The van der Waals surface area contributed by atoms with Gasteiger partial charge in [0.15, 0.2) is 0 Å². The van der Waals surface area contributed by atoms with E-state index in [-0.39, 0.29) is 37.5 Å². The van der Waals surface area contributed by atoms with Gasteiger partial charge in [-0.25, -0.2) is 0 Å². The van der Waals surface area contributed by atoms with Crippen LogP contribution in [0.3, 0.4) is 0 Å². The maximum Gasteiger partial charge on any atom is 0.302 e. The van der Waals surface area contributed by atoms with Crippen LogP contribution in [-0.2, 0) is 47.4 Å². The van der Waals surface area contributed by atoms with Crippen LogP contribution in [0.4, 0.5) is 0 Å². The molecule has 13 heteroatoms. The average Bonchev–Trinajstić information content (AvgIpc) is 3.21. The molecule has 0 N–H and O–H groups in total. The van der Waals surface area contributed by atoms with Gasteiger partial charge in [0.2, 0.25) is 0 Å². The second kappa shape index (κ2) is 23.1. The summed E-state index contributed by atoms with van der Waals surface area (Å²) in [5.74, 6) is -0.878. The summed E-state index contributed by atoms with van der Waals surface area (Å²) in [5, 5.41) is 0. The summed E-state index contributed by atoms with van der Waals surface area (Å²) in [4.78, 5) is 36.3. The fourth-order valence-corrected chi connectivity index (χ4v) is 3.48. The summed E-state index contributed by atoms with van der Waals surface area (Å²) < 4.78 is 48.0. The molecule has 232 valence electrons. The Morgan fingerprint density at radius 1 is 0.512 bits per heavy atom. The van der Waals surface area contributed by atoms with Crippen molar-refractivity contribution in [3.63, 3.8) is 0 Å². The van der Waals surface area contributed by atoms with Gasteiger partial charge in [-0.3, -0.25) is 19.3 Å². The molecule has 1 aliphatic heterocycles. The monoisotopic (exact) mass is 585 g/mol. The number of carbonyl (C=O) groups is 3. The molecule has 0 atom stereocenters. The van der Waals surface area contributed by atoms with Gasteiger partial charge in [0.1, 0.15) is 6.61 Å². The van der Waals surface area contributed by atoms with Crippen molar-refractivity contribution in [2.24, 2.45) is 0 Å². The summed E-state index contributed by atoms with van der Waals surface area (Å²) in [6.45, 7) is 8.71. The summed E-state index contributed by atoms with van der Waals surface area (Å²) >= 11 is 0. The highest BCUT2D eigenvalue weighted by Gasteiger charge is 2.34. The van der Waals surface area contributed by atoms with Gasteiger partial charge < -0.3 is 42.6 Å². The van der Waals surface area contributed by atoms with Crippen LogP contribution in [0.2, 0.25) is 0 Å². The first-order chi connectivity index (χ1) is 20.1. The standard InChI is InChI=1S/C28H43NO12/c1-24(30)41-23-22-40-21-20-39-19-18-38-17-16-37-15-14-36-13-12-35-11-10-34-9-8-33-7-6-29-27(31)25-4-2-3-5-26(25)28(29)32/h2-5H,6-23H2,1H3. The van der Waals surface area contributed by atoms with Gasteiger partial charge >= 0.3 is 5.97 Å². The lowest BCUT2D eigenvalue weighted by Gasteiger charge is -2.13. The van der Waals surface area contributed by atoms with Gasteiger partial charge in [-0.2, -0.15) is 0 Å². The maximum atomic E-state index is 12.3. The van der Waals surface area contributed by atoms with E-state index in [0.29, 0.717) is 110 Å². The fourth-order valence-electron chi connectivity index (χ4n) is 3.48. The molecule has 0 spiro atoms. The zero-order valence-corrected chi connectivity index (χ0v) is 23.9. The third kappa shape index (κ3) is 15.9. The molecule has 1 heterocycles. The zero-order chi connectivity index (χ0) is 29.4. The molecule has 1 aromatic rings. The second-order valence-corrected chi connectivity index (χ2v) is 8.55. The Hall–Kier alpha value is -2.49. The molecule has 0 unspecified atom stereocenters. The molecule has 0 aliphatic carbocycles. The van der Waals surface area contributed by atoms with Crippen LogP contribution in [0.1, 0.15) is 27.6 Å². The van der Waals surface area contributed by atoms with Gasteiger partial charge in [0.25, 0.3) is 11.8 Å². The summed E-state index contributed by atoms with van der Waals surface area (Å²) in [6.07, 6.45) is 0. The molecule has 2 rings (SSSR count). The molecule has 41 heavy (non-hydrogen) atoms. The minimum atomic E-state index is -0.318. The van der Waals surface area contributed by atoms with E-state index in [1.54, 1.807) is 24.3 Å². The highest BCUT2D eigenvalue weighted by Crippen LogP contribution is 2.21. The van der Waals surface area contributed by atoms with Gasteiger partial charge in [-0.15, -0.1) is 0 Å². The van der Waals surface area contributed by atoms with E-state index in [0.717, 1.165) is 0 Å². The van der Waals surface area contributed by atoms with E-state index >= 15 is 0 Å². The van der Waals surface area contributed by atoms with E-state index in [1.807, 2.05) is 0 Å². The first kappa shape index (κ1) is 34.7. The van der Waals surface area contributed by atoms with Crippen molar-refractivity contribution in [2.45, 2.75) is 6.92 Å². The van der Waals surface area contributed by atoms with Crippen LogP contribution < -0.4 is 0 Å². The average molecular weight is 586 g/mol. The van der Waals surface area contributed by atoms with Crippen LogP contribution in [0, 0.1) is 0 Å². The molecule has 0 saturated heterocycles. The molecule has 0 fully saturated rings. The first-order valence-electron chi connectivity index (χ1n) is 13.8. The van der Waals surface area contributed by atoms with Crippen molar-refractivity contribution >= 4 is 17.8 Å². The number of carbonyl (C=O) groups excluding carboxylic acids is 3. The number of fused-ring (bicyclic) bond motifs is 1. The smallest absolute Gasteiger partial charge is 0.302 e. The molecule has 0 saturated carbocycles. The van der Waals surface area contributed by atoms with Crippen molar-refractivity contribution in [2.75, 3.05) is 119 Å². The first-order valence-corrected chi connectivity index (χ1v) is 13.8. The quantitative estimate of drug-likeness (QED) is 0.0827. The van der Waals surface area contributed by atoms with Crippen LogP contribution >= 0.6 is 0 Å². The molecule has 2 amide bonds. The minimum absolute atomic E-state index is 0.212. The van der Waals surface area contributed by atoms with Gasteiger partial charge in [-0.05, 0) is 12.1 Å². The Balaban J connectivity index is 1.22. The predicted molar refractivity (Wildman–Crippen MR) is 145 cm³/mol. The van der Waals surface area contributed by atoms with Crippen molar-refractivity contribution in [3.05, 3.63) is 35.4 Å². The Bertz CT molecular complexity index is 833. The number of esters is 1. The number of imide groups is 1. The molecule has 0 bridgehead atoms. The third-order valence-corrected chi connectivity index (χ3v) is 5.47. The van der Waals surface area contributed by atoms with Crippen molar-refractivity contribution in [1.82, 2.24) is 4.90 Å². The van der Waals surface area contributed by atoms with Gasteiger partial charge in [-0.1, -0.05) is 12.1 Å². The normalized spacial score (nSPS) is 12.8. The number of ether oxygens (including phenoxy) is 9. The Morgan fingerprint density at radius 2 is 0.805 bits per heavy atom. The van der Waals surface area contributed by atoms with E-state index in [4.69, 9.17) is 42.6 Å². The topological polar surface area (TPSA) is 138 Å². The molecule has 1 aliphatic rings. The lowest BCUT2D eigenvalue weighted by Crippen LogP contribution is -2.33. The van der Waals surface area contributed by atoms with Crippen molar-refractivity contribution in [1.29, 1.82) is 0 Å². The third-order valence-electron chi connectivity index (χ3n) is 5.47. The molecular formula is C28H43NO12. The van der Waals surface area contributed by atoms with E-state index in [9.17, 15) is 14.4 Å². The van der Waals surface area contributed by atoms with Crippen molar-refractivity contribution < 1.29 is 57.0 Å². The Labute approximate surface area is 241 Å². The fraction of sp³-hybridized carbons (Fsp3) is 0.679. The lowest BCUT2D eigenvalue weighted by molar-refractivity contribution is -0.142. The zero-order valence-electron chi connectivity index (χ0n) is 23.9. The van der Waals surface area contributed by atoms with Crippen LogP contribution in [0.15, 0.2) is 24.3 Å². The lowest BCUT2D eigenvalue weighted by atomic mass is 10.1. The highest BCUT2D eigenvalue weighted by atomic mass is 16.6. The minimum Gasteiger partial charge on any atom is -0.463 e. The summed E-state index contributed by atoms with van der Waals surface area (Å²) in [6, 6.07) is 6.80. The predicted octanol–water partition coefficient (Wildman–Crippen LogP) is 0.979. The van der Waals surface area contributed by atoms with Crippen LogP contribution in [-0.4, -0.2) is 142 Å². The van der Waals surface area contributed by atoms with E-state index < -0.39 is 0 Å². The second-order valence-electron chi connectivity index (χ2n) is 8.55. The number of hydrogen-bond acceptors (Lipinski definition) is 12.